The number of sulfonamides is 2. The maximum Gasteiger partial charge on any atom is 0.254 e. The quantitative estimate of drug-likeness (QED) is 0.519. The van der Waals surface area contributed by atoms with E-state index < -0.39 is 28.9 Å². The fourth-order valence-corrected chi connectivity index (χ4v) is 4.14. The first-order valence-electron chi connectivity index (χ1n) is 3.54. The molecule has 12 heteroatoms. The van der Waals surface area contributed by atoms with E-state index in [1.807, 2.05) is 18.5 Å². The average Bonchev–Trinajstić information content (AvgIpc) is 1.77. The van der Waals surface area contributed by atoms with Gasteiger partial charge < -0.3 is 0 Å². The SMILES string of the molecule is BC(F)(P)S(=O)(=O)NS(=O)(=O)C(C)(P)P. The molecule has 0 saturated heterocycles. The molecule has 0 spiro atoms. The van der Waals surface area contributed by atoms with Crippen LogP contribution in [0, 0.1) is 0 Å². The monoisotopic (exact) mass is 313 g/mol. The maximum absolute atomic E-state index is 13.1. The minimum atomic E-state index is -4.61. The zero-order chi connectivity index (χ0) is 12.7. The Kier molecular flexibility index (Phi) is 4.77. The van der Waals surface area contributed by atoms with Crippen LogP contribution >= 0.6 is 27.7 Å². The molecule has 4 atom stereocenters. The summed E-state index contributed by atoms with van der Waals surface area (Å²) in [6.07, 6.45) is 0. The summed E-state index contributed by atoms with van der Waals surface area (Å²) in [6.45, 7) is 1.23. The first kappa shape index (κ1) is 16.1. The highest BCUT2D eigenvalue weighted by atomic mass is 32.3. The highest BCUT2D eigenvalue weighted by Gasteiger charge is 2.41. The lowest BCUT2D eigenvalue weighted by Gasteiger charge is -2.22. The second-order valence-electron chi connectivity index (χ2n) is 3.26. The zero-order valence-electron chi connectivity index (χ0n) is 8.06. The number of rotatable bonds is 4. The molecule has 4 unspecified atom stereocenters. The molecule has 0 aromatic carbocycles. The molecule has 0 radical (unpaired) electrons. The Bertz CT molecular complexity index is 393. The summed E-state index contributed by atoms with van der Waals surface area (Å²) < 4.78 is 55.4. The lowest BCUT2D eigenvalue weighted by atomic mass is 10.2. The van der Waals surface area contributed by atoms with Gasteiger partial charge in [0.25, 0.3) is 10.0 Å². The van der Waals surface area contributed by atoms with Gasteiger partial charge in [-0.3, -0.25) is 0 Å². The van der Waals surface area contributed by atoms with Gasteiger partial charge in [-0.1, -0.05) is 9.24 Å². The van der Waals surface area contributed by atoms with Crippen LogP contribution in [0.25, 0.3) is 0 Å². The van der Waals surface area contributed by atoms with Gasteiger partial charge >= 0.3 is 0 Å². The minimum absolute atomic E-state index is 0.721. The zero-order valence-corrected chi connectivity index (χ0v) is 13.2. The van der Waals surface area contributed by atoms with Crippen LogP contribution in [0.2, 0.25) is 0 Å². The van der Waals surface area contributed by atoms with E-state index in [0.29, 0.717) is 0 Å². The lowest BCUT2D eigenvalue weighted by Crippen LogP contribution is -2.46. The molecule has 0 aromatic heterocycles. The number of hydrogen-bond donors (Lipinski definition) is 1. The second kappa shape index (κ2) is 4.43. The van der Waals surface area contributed by atoms with Gasteiger partial charge in [0, 0.05) is 0 Å². The third-order valence-corrected chi connectivity index (χ3v) is 8.08. The molecule has 0 fully saturated rings. The first-order valence-corrected chi connectivity index (χ1v) is 8.24. The predicted molar refractivity (Wildman–Crippen MR) is 70.9 cm³/mol. The molecule has 0 rings (SSSR count). The molecule has 0 bridgehead atoms. The summed E-state index contributed by atoms with van der Waals surface area (Å²) in [5.74, 6) is 0. The Morgan fingerprint density at radius 2 is 1.47 bits per heavy atom. The molecular formula is C3H12BFNO4P3S2. The molecule has 0 aliphatic rings. The topological polar surface area (TPSA) is 80.3 Å². The van der Waals surface area contributed by atoms with Gasteiger partial charge in [-0.05, 0) is 6.92 Å². The molecule has 0 aromatic rings. The van der Waals surface area contributed by atoms with E-state index in [9.17, 15) is 21.2 Å². The molecule has 15 heavy (non-hydrogen) atoms. The molecule has 5 nitrogen and oxygen atoms in total. The van der Waals surface area contributed by atoms with Crippen LogP contribution in [0.15, 0.2) is 0 Å². The van der Waals surface area contributed by atoms with Crippen molar-refractivity contribution in [1.29, 1.82) is 0 Å². The molecule has 0 heterocycles. The molecule has 0 amide bonds. The largest absolute Gasteiger partial charge is 0.254 e. The van der Waals surface area contributed by atoms with Crippen LogP contribution in [-0.4, -0.2) is 33.6 Å². The highest BCUT2D eigenvalue weighted by Crippen LogP contribution is 2.33. The summed E-state index contributed by atoms with van der Waals surface area (Å²) in [4.78, 5) is 0. The summed E-state index contributed by atoms with van der Waals surface area (Å²) >= 11 is 0. The van der Waals surface area contributed by atoms with E-state index in [-0.39, 0.29) is 0 Å². The summed E-state index contributed by atoms with van der Waals surface area (Å²) in [5.41, 5.74) is 0. The van der Waals surface area contributed by atoms with E-state index in [0.717, 1.165) is 7.85 Å². The van der Waals surface area contributed by atoms with Gasteiger partial charge in [0.15, 0.2) is 12.5 Å². The highest BCUT2D eigenvalue weighted by molar-refractivity contribution is 8.11. The number of alkyl halides is 1. The average molecular weight is 313 g/mol. The lowest BCUT2D eigenvalue weighted by molar-refractivity contribution is 0.471. The van der Waals surface area contributed by atoms with E-state index in [1.165, 1.54) is 20.3 Å². The van der Waals surface area contributed by atoms with Crippen LogP contribution in [-0.2, 0) is 20.0 Å². The fourth-order valence-electron chi connectivity index (χ4n) is 0.316. The van der Waals surface area contributed by atoms with Gasteiger partial charge in [-0.15, -0.1) is 22.6 Å². The van der Waals surface area contributed by atoms with Crippen molar-refractivity contribution in [3.8, 4) is 0 Å². The van der Waals surface area contributed by atoms with Gasteiger partial charge in [0.1, 0.15) is 4.23 Å². The first-order chi connectivity index (χ1) is 6.21. The Balaban J connectivity index is 5.28. The Labute approximate surface area is 96.8 Å². The van der Waals surface area contributed by atoms with Crippen molar-refractivity contribution in [2.24, 2.45) is 0 Å². The van der Waals surface area contributed by atoms with Crippen LogP contribution in [0.1, 0.15) is 6.92 Å². The van der Waals surface area contributed by atoms with Gasteiger partial charge in [-0.25, -0.2) is 21.2 Å². The number of nitrogens with one attached hydrogen (secondary N) is 1. The second-order valence-corrected chi connectivity index (χ2v) is 13.0. The molecular weight excluding hydrogens is 301 g/mol. The van der Waals surface area contributed by atoms with E-state index in [1.54, 1.807) is 0 Å². The molecule has 1 N–H and O–H groups in total. The maximum atomic E-state index is 13.1. The summed E-state index contributed by atoms with van der Waals surface area (Å²) in [5, 5.41) is 0. The standard InChI is InChI=1S/C3H12BFNO4P3S2/c1-2(11,12)14(7,8)6-15(9,10)3(4,5)13/h6H,4,11-13H2,1H3. The van der Waals surface area contributed by atoms with Crippen LogP contribution in [0.5, 0.6) is 0 Å². The molecule has 0 saturated carbocycles. The van der Waals surface area contributed by atoms with Gasteiger partial charge in [-0.2, -0.15) is 0 Å². The Hall–Kier alpha value is 1.14. The van der Waals surface area contributed by atoms with Crippen molar-refractivity contribution < 1.29 is 21.2 Å². The molecule has 90 valence electrons. The van der Waals surface area contributed by atoms with Crippen LogP contribution < -0.4 is 4.13 Å². The Morgan fingerprint density at radius 3 is 1.67 bits per heavy atom. The molecule has 0 aliphatic heterocycles. The van der Waals surface area contributed by atoms with Crippen molar-refractivity contribution in [3.63, 3.8) is 0 Å². The van der Waals surface area contributed by atoms with Crippen molar-refractivity contribution >= 4 is 55.6 Å². The summed E-state index contributed by atoms with van der Waals surface area (Å²) in [6, 6.07) is 0. The third-order valence-electron chi connectivity index (χ3n) is 1.32. The Morgan fingerprint density at radius 1 is 1.13 bits per heavy atom. The molecule has 0 aliphatic carbocycles. The fraction of sp³-hybridized carbons (Fsp3) is 1.00. The van der Waals surface area contributed by atoms with Gasteiger partial charge in [0.05, 0.1) is 0 Å². The van der Waals surface area contributed by atoms with Crippen molar-refractivity contribution in [2.75, 3.05) is 0 Å². The predicted octanol–water partition coefficient (Wildman–Crippen LogP) is -1.25. The van der Waals surface area contributed by atoms with Crippen LogP contribution in [0.4, 0.5) is 4.39 Å². The van der Waals surface area contributed by atoms with Crippen molar-refractivity contribution in [3.05, 3.63) is 0 Å². The number of hydrogen-bond acceptors (Lipinski definition) is 4. The smallest absolute Gasteiger partial charge is 0.231 e. The van der Waals surface area contributed by atoms with E-state index in [2.05, 4.69) is 0 Å². The van der Waals surface area contributed by atoms with E-state index >= 15 is 0 Å². The third kappa shape index (κ3) is 4.14. The van der Waals surface area contributed by atoms with E-state index in [4.69, 9.17) is 0 Å². The normalized spacial score (nSPS) is 18.5. The summed E-state index contributed by atoms with van der Waals surface area (Å²) in [7, 11) is -2.83. The van der Waals surface area contributed by atoms with Gasteiger partial charge in [0.2, 0.25) is 10.0 Å². The number of halogens is 1. The van der Waals surface area contributed by atoms with Crippen molar-refractivity contribution in [2.45, 2.75) is 15.8 Å². The van der Waals surface area contributed by atoms with Crippen molar-refractivity contribution in [1.82, 2.24) is 4.13 Å². The minimum Gasteiger partial charge on any atom is -0.231 e. The van der Waals surface area contributed by atoms with Crippen LogP contribution in [0.3, 0.4) is 0 Å².